The van der Waals surface area contributed by atoms with Gasteiger partial charge < -0.3 is 33.2 Å². The second-order valence-electron chi connectivity index (χ2n) is 6.77. The third-order valence-corrected chi connectivity index (χ3v) is 3.51. The number of carbonyl (C=O) groups is 1. The van der Waals surface area contributed by atoms with E-state index < -0.39 is 5.97 Å². The average molecular weight is 421 g/mol. The lowest BCUT2D eigenvalue weighted by molar-refractivity contribution is -0.140. The van der Waals surface area contributed by atoms with E-state index in [-0.39, 0.29) is 6.61 Å². The van der Waals surface area contributed by atoms with Gasteiger partial charge in [0.05, 0.1) is 72.7 Å². The Hall–Kier alpha value is -1.03. The van der Waals surface area contributed by atoms with Gasteiger partial charge in [0.25, 0.3) is 0 Å². The van der Waals surface area contributed by atoms with Crippen molar-refractivity contribution in [2.24, 2.45) is 5.92 Å². The van der Waals surface area contributed by atoms with Crippen LogP contribution < -0.4 is 0 Å². The number of esters is 1. The van der Waals surface area contributed by atoms with Crippen LogP contribution in [0, 0.1) is 5.92 Å². The van der Waals surface area contributed by atoms with E-state index in [2.05, 4.69) is 20.4 Å². The summed E-state index contributed by atoms with van der Waals surface area (Å²) in [5, 5.41) is 0. The Morgan fingerprint density at radius 2 is 0.931 bits per heavy atom. The maximum atomic E-state index is 11.1. The Balaban J connectivity index is 3.07. The zero-order valence-corrected chi connectivity index (χ0v) is 18.4. The summed E-state index contributed by atoms with van der Waals surface area (Å²) in [6.07, 6.45) is 1.08. The SMILES string of the molecule is C=C(C)C(=O)OCCOCCOCCOCCOCCOCCOCCC(C)C. The Morgan fingerprint density at radius 1 is 0.621 bits per heavy atom. The van der Waals surface area contributed by atoms with Gasteiger partial charge in [-0.1, -0.05) is 20.4 Å². The highest BCUT2D eigenvalue weighted by molar-refractivity contribution is 5.86. The molecule has 0 fully saturated rings. The minimum atomic E-state index is -0.402. The van der Waals surface area contributed by atoms with Crippen molar-refractivity contribution < 1.29 is 38.0 Å². The normalized spacial score (nSPS) is 11.2. The molecule has 0 aromatic rings. The molecule has 0 spiro atoms. The second kappa shape index (κ2) is 21.7. The Bertz CT molecular complexity index is 387. The van der Waals surface area contributed by atoms with E-state index in [9.17, 15) is 4.79 Å². The summed E-state index contributed by atoms with van der Waals surface area (Å²) in [7, 11) is 0. The molecular formula is C21H40O8. The Kier molecular flexibility index (Phi) is 20.9. The van der Waals surface area contributed by atoms with E-state index >= 15 is 0 Å². The summed E-state index contributed by atoms with van der Waals surface area (Å²) in [6.45, 7) is 16.1. The molecule has 0 N–H and O–H groups in total. The molecule has 0 bridgehead atoms. The third-order valence-electron chi connectivity index (χ3n) is 3.51. The van der Waals surface area contributed by atoms with Gasteiger partial charge >= 0.3 is 5.97 Å². The molecule has 0 unspecified atom stereocenters. The van der Waals surface area contributed by atoms with E-state index in [0.29, 0.717) is 84.2 Å². The van der Waals surface area contributed by atoms with Crippen LogP contribution in [0.1, 0.15) is 27.2 Å². The van der Waals surface area contributed by atoms with Gasteiger partial charge in [-0.25, -0.2) is 4.79 Å². The quantitative estimate of drug-likeness (QED) is 0.150. The number of carbonyl (C=O) groups excluding carboxylic acids is 1. The maximum Gasteiger partial charge on any atom is 0.333 e. The summed E-state index contributed by atoms with van der Waals surface area (Å²) in [5.41, 5.74) is 0.380. The molecule has 0 aliphatic carbocycles. The maximum absolute atomic E-state index is 11.1. The van der Waals surface area contributed by atoms with Crippen LogP contribution in [0.2, 0.25) is 0 Å². The lowest BCUT2D eigenvalue weighted by atomic mass is 10.1. The van der Waals surface area contributed by atoms with Crippen LogP contribution in [0.25, 0.3) is 0 Å². The predicted octanol–water partition coefficient (Wildman–Crippen LogP) is 2.25. The average Bonchev–Trinajstić information content (AvgIpc) is 2.68. The van der Waals surface area contributed by atoms with E-state index in [1.54, 1.807) is 6.92 Å². The lowest BCUT2D eigenvalue weighted by Crippen LogP contribution is -2.15. The van der Waals surface area contributed by atoms with Gasteiger partial charge in [0, 0.05) is 12.2 Å². The molecule has 0 heterocycles. The lowest BCUT2D eigenvalue weighted by Gasteiger charge is -2.09. The number of hydrogen-bond donors (Lipinski definition) is 0. The summed E-state index contributed by atoms with van der Waals surface area (Å²) in [6, 6.07) is 0. The molecule has 8 heteroatoms. The zero-order valence-electron chi connectivity index (χ0n) is 18.4. The molecule has 0 aliphatic heterocycles. The molecule has 0 aliphatic rings. The smallest absolute Gasteiger partial charge is 0.333 e. The van der Waals surface area contributed by atoms with Crippen LogP contribution in [-0.2, 0) is 38.0 Å². The standard InChI is InChI=1S/C21H40O8/c1-19(2)5-6-23-7-8-24-9-10-25-11-12-26-13-14-27-15-16-28-17-18-29-21(22)20(3)4/h19H,3,5-18H2,1-2,4H3. The summed E-state index contributed by atoms with van der Waals surface area (Å²) >= 11 is 0. The topological polar surface area (TPSA) is 81.7 Å². The van der Waals surface area contributed by atoms with Crippen LogP contribution in [0.3, 0.4) is 0 Å². The first-order valence-corrected chi connectivity index (χ1v) is 10.3. The minimum absolute atomic E-state index is 0.214. The molecule has 0 amide bonds. The van der Waals surface area contributed by atoms with Gasteiger partial charge in [0.15, 0.2) is 0 Å². The van der Waals surface area contributed by atoms with Crippen LogP contribution in [-0.4, -0.2) is 91.9 Å². The van der Waals surface area contributed by atoms with Gasteiger partial charge in [-0.3, -0.25) is 0 Å². The fourth-order valence-corrected chi connectivity index (χ4v) is 1.84. The molecule has 29 heavy (non-hydrogen) atoms. The molecule has 0 aromatic carbocycles. The Morgan fingerprint density at radius 3 is 1.24 bits per heavy atom. The Labute approximate surface area is 175 Å². The van der Waals surface area contributed by atoms with Crippen molar-refractivity contribution in [2.75, 3.05) is 85.9 Å². The molecule has 8 nitrogen and oxygen atoms in total. The van der Waals surface area contributed by atoms with Crippen molar-refractivity contribution in [1.82, 2.24) is 0 Å². The minimum Gasteiger partial charge on any atom is -0.460 e. The van der Waals surface area contributed by atoms with Gasteiger partial charge in [0.2, 0.25) is 0 Å². The molecule has 0 aromatic heterocycles. The van der Waals surface area contributed by atoms with Crippen LogP contribution in [0.5, 0.6) is 0 Å². The molecule has 172 valence electrons. The fourth-order valence-electron chi connectivity index (χ4n) is 1.84. The van der Waals surface area contributed by atoms with Gasteiger partial charge in [-0.05, 0) is 19.3 Å². The van der Waals surface area contributed by atoms with Crippen molar-refractivity contribution >= 4 is 5.97 Å². The number of hydrogen-bond acceptors (Lipinski definition) is 8. The van der Waals surface area contributed by atoms with Crippen LogP contribution in [0.15, 0.2) is 12.2 Å². The van der Waals surface area contributed by atoms with E-state index in [1.807, 2.05) is 0 Å². The largest absolute Gasteiger partial charge is 0.460 e. The van der Waals surface area contributed by atoms with Crippen molar-refractivity contribution in [2.45, 2.75) is 27.2 Å². The number of ether oxygens (including phenoxy) is 7. The first kappa shape index (κ1) is 28.0. The second-order valence-corrected chi connectivity index (χ2v) is 6.77. The predicted molar refractivity (Wildman–Crippen MR) is 110 cm³/mol. The van der Waals surface area contributed by atoms with Crippen molar-refractivity contribution in [1.29, 1.82) is 0 Å². The highest BCUT2D eigenvalue weighted by Gasteiger charge is 2.01. The zero-order chi connectivity index (χ0) is 21.6. The number of rotatable bonds is 22. The summed E-state index contributed by atoms with van der Waals surface area (Å²) in [4.78, 5) is 11.1. The third kappa shape index (κ3) is 23.1. The first-order chi connectivity index (χ1) is 14.0. The molecule has 0 atom stereocenters. The molecule has 0 radical (unpaired) electrons. The van der Waals surface area contributed by atoms with Crippen molar-refractivity contribution in [3.05, 3.63) is 12.2 Å². The monoisotopic (exact) mass is 420 g/mol. The first-order valence-electron chi connectivity index (χ1n) is 10.3. The summed E-state index contributed by atoms with van der Waals surface area (Å²) < 4.78 is 37.2. The highest BCUT2D eigenvalue weighted by Crippen LogP contribution is 1.98. The highest BCUT2D eigenvalue weighted by atomic mass is 16.6. The molecule has 0 saturated carbocycles. The van der Waals surface area contributed by atoms with Crippen LogP contribution >= 0.6 is 0 Å². The molecule has 0 saturated heterocycles. The molecule has 0 rings (SSSR count). The van der Waals surface area contributed by atoms with E-state index in [0.717, 1.165) is 13.0 Å². The summed E-state index contributed by atoms with van der Waals surface area (Å²) in [5.74, 6) is 0.268. The van der Waals surface area contributed by atoms with Crippen LogP contribution in [0.4, 0.5) is 0 Å². The van der Waals surface area contributed by atoms with Gasteiger partial charge in [-0.2, -0.15) is 0 Å². The fraction of sp³-hybridized carbons (Fsp3) is 0.857. The van der Waals surface area contributed by atoms with Gasteiger partial charge in [0.1, 0.15) is 6.61 Å². The molecular weight excluding hydrogens is 380 g/mol. The van der Waals surface area contributed by atoms with E-state index in [4.69, 9.17) is 33.2 Å². The van der Waals surface area contributed by atoms with E-state index in [1.165, 1.54) is 0 Å². The van der Waals surface area contributed by atoms with Crippen molar-refractivity contribution in [3.63, 3.8) is 0 Å². The van der Waals surface area contributed by atoms with Crippen molar-refractivity contribution in [3.8, 4) is 0 Å². The van der Waals surface area contributed by atoms with Gasteiger partial charge in [-0.15, -0.1) is 0 Å².